The van der Waals surface area contributed by atoms with Gasteiger partial charge in [0.1, 0.15) is 0 Å². The average molecular weight is 262 g/mol. The first-order chi connectivity index (χ1) is 7.94. The summed E-state index contributed by atoms with van der Waals surface area (Å²) < 4.78 is 26.6. The second-order valence-corrected chi connectivity index (χ2v) is 7.33. The molecule has 0 heterocycles. The lowest BCUT2D eigenvalue weighted by atomic mass is 9.84. The highest BCUT2D eigenvalue weighted by Gasteiger charge is 2.26. The first-order valence-electron chi connectivity index (χ1n) is 6.64. The molecule has 17 heavy (non-hydrogen) atoms. The molecule has 0 saturated heterocycles. The predicted octanol–water partition coefficient (Wildman–Crippen LogP) is 1.47. The van der Waals surface area contributed by atoms with Crippen LogP contribution in [0.5, 0.6) is 0 Å². The molecule has 1 aliphatic rings. The molecule has 3 N–H and O–H groups in total. The maximum Gasteiger partial charge on any atom is 0.212 e. The molecule has 0 aromatic heterocycles. The van der Waals surface area contributed by atoms with Crippen molar-refractivity contribution in [3.63, 3.8) is 0 Å². The summed E-state index contributed by atoms with van der Waals surface area (Å²) in [4.78, 5) is 0. The molecular formula is C12H26N2O2S. The summed E-state index contributed by atoms with van der Waals surface area (Å²) in [5.74, 6) is 0.768. The molecule has 1 fully saturated rings. The van der Waals surface area contributed by atoms with E-state index in [9.17, 15) is 8.42 Å². The second kappa shape index (κ2) is 6.71. The van der Waals surface area contributed by atoms with E-state index in [-0.39, 0.29) is 17.7 Å². The fourth-order valence-electron chi connectivity index (χ4n) is 2.59. The van der Waals surface area contributed by atoms with E-state index in [0.717, 1.165) is 12.8 Å². The Labute approximate surface area is 105 Å². The van der Waals surface area contributed by atoms with Crippen molar-refractivity contribution in [2.24, 2.45) is 17.6 Å². The third-order valence-corrected chi connectivity index (χ3v) is 5.12. The van der Waals surface area contributed by atoms with Gasteiger partial charge in [-0.2, -0.15) is 0 Å². The number of hydrogen-bond donors (Lipinski definition) is 2. The molecule has 4 nitrogen and oxygen atoms in total. The lowest BCUT2D eigenvalue weighted by molar-refractivity contribution is 0.294. The molecule has 1 aliphatic carbocycles. The SMILES string of the molecule is CC(C)CS(=O)(=O)NC(CN)C1CCCCC1. The van der Waals surface area contributed by atoms with Crippen LogP contribution in [0.15, 0.2) is 0 Å². The third kappa shape index (κ3) is 5.36. The summed E-state index contributed by atoms with van der Waals surface area (Å²) in [5, 5.41) is 0. The first-order valence-corrected chi connectivity index (χ1v) is 8.30. The third-order valence-electron chi connectivity index (χ3n) is 3.36. The largest absolute Gasteiger partial charge is 0.329 e. The van der Waals surface area contributed by atoms with Gasteiger partial charge in [0.15, 0.2) is 0 Å². The van der Waals surface area contributed by atoms with Crippen LogP contribution in [0, 0.1) is 11.8 Å². The highest BCUT2D eigenvalue weighted by atomic mass is 32.2. The maximum atomic E-state index is 11.9. The number of rotatable bonds is 6. The molecule has 5 heteroatoms. The van der Waals surface area contributed by atoms with Crippen LogP contribution in [0.2, 0.25) is 0 Å². The Kier molecular flexibility index (Phi) is 5.89. The Morgan fingerprint density at radius 2 is 1.82 bits per heavy atom. The van der Waals surface area contributed by atoms with Crippen molar-refractivity contribution in [2.45, 2.75) is 52.0 Å². The predicted molar refractivity (Wildman–Crippen MR) is 71.2 cm³/mol. The molecule has 0 bridgehead atoms. The lowest BCUT2D eigenvalue weighted by Crippen LogP contribution is -2.47. The van der Waals surface area contributed by atoms with Crippen LogP contribution in [0.4, 0.5) is 0 Å². The van der Waals surface area contributed by atoms with Crippen molar-refractivity contribution in [1.82, 2.24) is 4.72 Å². The Balaban J connectivity index is 2.56. The zero-order valence-electron chi connectivity index (χ0n) is 11.0. The average Bonchev–Trinajstić information content (AvgIpc) is 2.25. The van der Waals surface area contributed by atoms with Crippen molar-refractivity contribution in [3.05, 3.63) is 0 Å². The fraction of sp³-hybridized carbons (Fsp3) is 1.00. The molecule has 0 aliphatic heterocycles. The normalized spacial score (nSPS) is 20.7. The zero-order valence-corrected chi connectivity index (χ0v) is 11.8. The van der Waals surface area contributed by atoms with Gasteiger partial charge in [-0.25, -0.2) is 13.1 Å². The van der Waals surface area contributed by atoms with Gasteiger partial charge < -0.3 is 5.73 Å². The Morgan fingerprint density at radius 3 is 2.29 bits per heavy atom. The smallest absolute Gasteiger partial charge is 0.212 e. The van der Waals surface area contributed by atoms with Crippen molar-refractivity contribution in [1.29, 1.82) is 0 Å². The van der Waals surface area contributed by atoms with Gasteiger partial charge in [-0.05, 0) is 24.7 Å². The van der Waals surface area contributed by atoms with Crippen molar-refractivity contribution in [3.8, 4) is 0 Å². The van der Waals surface area contributed by atoms with E-state index in [1.54, 1.807) is 0 Å². The van der Waals surface area contributed by atoms with Crippen molar-refractivity contribution >= 4 is 10.0 Å². The summed E-state index contributed by atoms with van der Waals surface area (Å²) in [7, 11) is -3.17. The highest BCUT2D eigenvalue weighted by molar-refractivity contribution is 7.89. The molecule has 0 aromatic rings. The second-order valence-electron chi connectivity index (χ2n) is 5.53. The fourth-order valence-corrected chi connectivity index (χ4v) is 4.31. The molecule has 1 rings (SSSR count). The Hall–Kier alpha value is -0.130. The molecule has 102 valence electrons. The quantitative estimate of drug-likeness (QED) is 0.761. The Bertz CT molecular complexity index is 308. The van der Waals surface area contributed by atoms with Gasteiger partial charge in [-0.3, -0.25) is 0 Å². The standard InChI is InChI=1S/C12H26N2O2S/c1-10(2)9-17(15,16)14-12(8-13)11-6-4-3-5-7-11/h10-12,14H,3-9,13H2,1-2H3. The van der Waals surface area contributed by atoms with Gasteiger partial charge >= 0.3 is 0 Å². The van der Waals surface area contributed by atoms with E-state index >= 15 is 0 Å². The van der Waals surface area contributed by atoms with Gasteiger partial charge in [-0.1, -0.05) is 33.1 Å². The molecule has 1 unspecified atom stereocenters. The van der Waals surface area contributed by atoms with E-state index in [4.69, 9.17) is 5.73 Å². The van der Waals surface area contributed by atoms with Crippen LogP contribution in [0.3, 0.4) is 0 Å². The van der Waals surface area contributed by atoms with Crippen LogP contribution in [0.1, 0.15) is 46.0 Å². The minimum absolute atomic E-state index is 0.0703. The molecule has 1 atom stereocenters. The summed E-state index contributed by atoms with van der Waals surface area (Å²) in [6.07, 6.45) is 5.88. The van der Waals surface area contributed by atoms with Crippen LogP contribution in [-0.2, 0) is 10.0 Å². The lowest BCUT2D eigenvalue weighted by Gasteiger charge is -2.30. The first kappa shape index (κ1) is 14.9. The minimum Gasteiger partial charge on any atom is -0.329 e. The van der Waals surface area contributed by atoms with Gasteiger partial charge in [0.2, 0.25) is 10.0 Å². The summed E-state index contributed by atoms with van der Waals surface area (Å²) in [6.45, 7) is 4.23. The van der Waals surface area contributed by atoms with E-state index in [1.165, 1.54) is 19.3 Å². The monoisotopic (exact) mass is 262 g/mol. The van der Waals surface area contributed by atoms with Gasteiger partial charge in [-0.15, -0.1) is 0 Å². The zero-order chi connectivity index (χ0) is 12.9. The summed E-state index contributed by atoms with van der Waals surface area (Å²) >= 11 is 0. The van der Waals surface area contributed by atoms with Gasteiger partial charge in [0, 0.05) is 12.6 Å². The van der Waals surface area contributed by atoms with E-state index < -0.39 is 10.0 Å². The number of sulfonamides is 1. The molecule has 0 aromatic carbocycles. The van der Waals surface area contributed by atoms with Crippen LogP contribution < -0.4 is 10.5 Å². The van der Waals surface area contributed by atoms with Crippen LogP contribution in [0.25, 0.3) is 0 Å². The molecule has 1 saturated carbocycles. The van der Waals surface area contributed by atoms with Gasteiger partial charge in [0.25, 0.3) is 0 Å². The Morgan fingerprint density at radius 1 is 1.24 bits per heavy atom. The molecule has 0 radical (unpaired) electrons. The molecular weight excluding hydrogens is 236 g/mol. The molecule has 0 spiro atoms. The summed E-state index contributed by atoms with van der Waals surface area (Å²) in [5.41, 5.74) is 5.71. The van der Waals surface area contributed by atoms with Crippen molar-refractivity contribution in [2.75, 3.05) is 12.3 Å². The maximum absolute atomic E-state index is 11.9. The van der Waals surface area contributed by atoms with Crippen LogP contribution in [-0.4, -0.2) is 26.8 Å². The van der Waals surface area contributed by atoms with Gasteiger partial charge in [0.05, 0.1) is 5.75 Å². The minimum atomic E-state index is -3.17. The van der Waals surface area contributed by atoms with E-state index in [1.807, 2.05) is 13.8 Å². The number of nitrogens with two attached hydrogens (primary N) is 1. The van der Waals surface area contributed by atoms with Crippen molar-refractivity contribution < 1.29 is 8.42 Å². The van der Waals surface area contributed by atoms with E-state index in [2.05, 4.69) is 4.72 Å². The van der Waals surface area contributed by atoms with E-state index in [0.29, 0.717) is 12.5 Å². The summed E-state index contributed by atoms with van der Waals surface area (Å²) in [6, 6.07) is -0.0703. The molecule has 0 amide bonds. The van der Waals surface area contributed by atoms with Crippen LogP contribution >= 0.6 is 0 Å². The topological polar surface area (TPSA) is 72.2 Å². The number of nitrogens with one attached hydrogen (secondary N) is 1. The highest BCUT2D eigenvalue weighted by Crippen LogP contribution is 2.26. The number of hydrogen-bond acceptors (Lipinski definition) is 3.